The summed E-state index contributed by atoms with van der Waals surface area (Å²) in [5, 5.41) is 3.83. The van der Waals surface area contributed by atoms with Gasteiger partial charge < -0.3 is 5.32 Å². The summed E-state index contributed by atoms with van der Waals surface area (Å²) in [7, 11) is 0. The van der Waals surface area contributed by atoms with Gasteiger partial charge in [-0.3, -0.25) is 4.79 Å². The first-order valence-electron chi connectivity index (χ1n) is 12.9. The summed E-state index contributed by atoms with van der Waals surface area (Å²) in [5.41, 5.74) is 7.89. The molecule has 2 nitrogen and oxygen atoms in total. The molecule has 0 spiro atoms. The van der Waals surface area contributed by atoms with Gasteiger partial charge in [0.1, 0.15) is 0 Å². The summed E-state index contributed by atoms with van der Waals surface area (Å²) in [4.78, 5) is 12.8. The lowest BCUT2D eigenvalue weighted by Gasteiger charge is -2.09. The molecule has 0 radical (unpaired) electrons. The maximum absolute atomic E-state index is 12.8. The number of carbonyl (C=O) groups excluding carboxylic acids is 1. The van der Waals surface area contributed by atoms with E-state index in [0.29, 0.717) is 12.1 Å². The van der Waals surface area contributed by atoms with Gasteiger partial charge in [-0.15, -0.1) is 0 Å². The van der Waals surface area contributed by atoms with E-state index < -0.39 is 0 Å². The Morgan fingerprint density at radius 3 is 1.92 bits per heavy atom. The lowest BCUT2D eigenvalue weighted by molar-refractivity contribution is 0.0951. The van der Waals surface area contributed by atoms with Crippen LogP contribution in [0.3, 0.4) is 0 Å². The summed E-state index contributed by atoms with van der Waals surface area (Å²) < 4.78 is 0. The van der Waals surface area contributed by atoms with E-state index in [2.05, 4.69) is 79.0 Å². The molecule has 0 bridgehead atoms. The number of aryl methyl sites for hydroxylation is 3. The van der Waals surface area contributed by atoms with E-state index in [0.717, 1.165) is 41.0 Å². The zero-order chi connectivity index (χ0) is 25.2. The van der Waals surface area contributed by atoms with Crippen molar-refractivity contribution >= 4 is 17.5 Å². The molecule has 3 heteroatoms. The molecule has 0 heterocycles. The van der Waals surface area contributed by atoms with Crippen molar-refractivity contribution in [1.82, 2.24) is 5.32 Å². The second kappa shape index (κ2) is 13.1. The van der Waals surface area contributed by atoms with E-state index in [1.165, 1.54) is 36.0 Å². The quantitative estimate of drug-likeness (QED) is 0.208. The predicted octanol–water partition coefficient (Wildman–Crippen LogP) is 8.45. The monoisotopic (exact) mass is 495 g/mol. The van der Waals surface area contributed by atoms with Crippen LogP contribution in [0, 0.1) is 0 Å². The van der Waals surface area contributed by atoms with Gasteiger partial charge in [-0.1, -0.05) is 104 Å². The molecule has 4 aromatic rings. The number of rotatable bonds is 11. The molecule has 0 aliphatic rings. The van der Waals surface area contributed by atoms with Crippen LogP contribution in [-0.4, -0.2) is 5.91 Å². The van der Waals surface area contributed by atoms with Crippen LogP contribution < -0.4 is 5.32 Å². The van der Waals surface area contributed by atoms with E-state index in [9.17, 15) is 4.79 Å². The number of unbranched alkanes of at least 4 members (excludes halogenated alkanes) is 2. The Morgan fingerprint density at radius 2 is 1.25 bits per heavy atom. The summed E-state index contributed by atoms with van der Waals surface area (Å²) in [6, 6.07) is 33.1. The van der Waals surface area contributed by atoms with Crippen molar-refractivity contribution in [3.05, 3.63) is 130 Å². The van der Waals surface area contributed by atoms with Crippen LogP contribution in [0.5, 0.6) is 0 Å². The van der Waals surface area contributed by atoms with Crippen molar-refractivity contribution in [3.8, 4) is 11.1 Å². The van der Waals surface area contributed by atoms with Crippen LogP contribution in [0.15, 0.2) is 97.1 Å². The number of nitrogens with one attached hydrogen (secondary N) is 1. The Labute approximate surface area is 220 Å². The van der Waals surface area contributed by atoms with Gasteiger partial charge in [0, 0.05) is 17.1 Å². The van der Waals surface area contributed by atoms with Gasteiger partial charge in [-0.25, -0.2) is 0 Å². The van der Waals surface area contributed by atoms with Crippen LogP contribution in [0.1, 0.15) is 58.8 Å². The third-order valence-electron chi connectivity index (χ3n) is 6.57. The molecule has 1 amide bonds. The van der Waals surface area contributed by atoms with E-state index >= 15 is 0 Å². The number of hydrogen-bond donors (Lipinski definition) is 1. The Bertz CT molecular complexity index is 1240. The molecule has 0 aromatic heterocycles. The fourth-order valence-electron chi connectivity index (χ4n) is 4.33. The van der Waals surface area contributed by atoms with Crippen molar-refractivity contribution in [3.63, 3.8) is 0 Å². The maximum Gasteiger partial charge on any atom is 0.251 e. The predicted molar refractivity (Wildman–Crippen MR) is 152 cm³/mol. The number of benzene rings is 4. The smallest absolute Gasteiger partial charge is 0.251 e. The minimum absolute atomic E-state index is 0.0524. The van der Waals surface area contributed by atoms with Gasteiger partial charge in [0.05, 0.1) is 0 Å². The average molecular weight is 496 g/mol. The van der Waals surface area contributed by atoms with Crippen LogP contribution >= 0.6 is 11.6 Å². The zero-order valence-electron chi connectivity index (χ0n) is 21.0. The summed E-state index contributed by atoms with van der Waals surface area (Å²) >= 11 is 5.98. The highest BCUT2D eigenvalue weighted by molar-refractivity contribution is 6.30. The first-order chi connectivity index (χ1) is 17.6. The molecule has 4 rings (SSSR count). The van der Waals surface area contributed by atoms with Crippen molar-refractivity contribution in [2.75, 3.05) is 0 Å². The molecule has 0 saturated carbocycles. The van der Waals surface area contributed by atoms with E-state index in [-0.39, 0.29) is 5.91 Å². The van der Waals surface area contributed by atoms with Crippen LogP contribution in [0.25, 0.3) is 11.1 Å². The second-order valence-electron chi connectivity index (χ2n) is 9.36. The maximum atomic E-state index is 12.8. The summed E-state index contributed by atoms with van der Waals surface area (Å²) in [5.74, 6) is -0.0524. The average Bonchev–Trinajstić information content (AvgIpc) is 2.92. The van der Waals surface area contributed by atoms with Crippen molar-refractivity contribution in [1.29, 1.82) is 0 Å². The Hall–Kier alpha value is -3.36. The van der Waals surface area contributed by atoms with Crippen LogP contribution in [-0.2, 0) is 25.8 Å². The molecule has 0 fully saturated rings. The van der Waals surface area contributed by atoms with Crippen LogP contribution in [0.2, 0.25) is 5.02 Å². The third-order valence-corrected chi connectivity index (χ3v) is 6.82. The molecular weight excluding hydrogens is 462 g/mol. The SMILES string of the molecule is CCCCCc1ccc(CNC(=O)c2cccc(-c3ccc(CCc4ccc(Cl)cc4)cc3)c2)cc1. The van der Waals surface area contributed by atoms with E-state index in [4.69, 9.17) is 11.6 Å². The van der Waals surface area contributed by atoms with Crippen molar-refractivity contribution < 1.29 is 4.79 Å². The zero-order valence-corrected chi connectivity index (χ0v) is 21.7. The highest BCUT2D eigenvalue weighted by Crippen LogP contribution is 2.22. The van der Waals surface area contributed by atoms with Gasteiger partial charge in [-0.05, 0) is 83.3 Å². The number of carbonyl (C=O) groups is 1. The van der Waals surface area contributed by atoms with Gasteiger partial charge in [-0.2, -0.15) is 0 Å². The van der Waals surface area contributed by atoms with E-state index in [1.807, 2.05) is 30.3 Å². The Balaban J connectivity index is 1.31. The Kier molecular flexibility index (Phi) is 9.35. The highest BCUT2D eigenvalue weighted by Gasteiger charge is 2.08. The molecule has 0 aliphatic carbocycles. The number of halogens is 1. The first kappa shape index (κ1) is 25.7. The van der Waals surface area contributed by atoms with Gasteiger partial charge in [0.2, 0.25) is 0 Å². The molecule has 0 atom stereocenters. The van der Waals surface area contributed by atoms with Crippen molar-refractivity contribution in [2.45, 2.75) is 52.0 Å². The normalized spacial score (nSPS) is 10.8. The molecular formula is C33H34ClNO. The largest absolute Gasteiger partial charge is 0.348 e. The summed E-state index contributed by atoms with van der Waals surface area (Å²) in [6.07, 6.45) is 6.82. The minimum Gasteiger partial charge on any atom is -0.348 e. The van der Waals surface area contributed by atoms with Gasteiger partial charge in [0.25, 0.3) is 5.91 Å². The summed E-state index contributed by atoms with van der Waals surface area (Å²) in [6.45, 7) is 2.75. The van der Waals surface area contributed by atoms with Gasteiger partial charge in [0.15, 0.2) is 0 Å². The van der Waals surface area contributed by atoms with Crippen LogP contribution in [0.4, 0.5) is 0 Å². The first-order valence-corrected chi connectivity index (χ1v) is 13.3. The molecule has 36 heavy (non-hydrogen) atoms. The Morgan fingerprint density at radius 1 is 0.667 bits per heavy atom. The fourth-order valence-corrected chi connectivity index (χ4v) is 4.46. The lowest BCUT2D eigenvalue weighted by Crippen LogP contribution is -2.22. The van der Waals surface area contributed by atoms with E-state index in [1.54, 1.807) is 0 Å². The third kappa shape index (κ3) is 7.57. The minimum atomic E-state index is -0.0524. The number of hydrogen-bond acceptors (Lipinski definition) is 1. The molecule has 0 aliphatic heterocycles. The second-order valence-corrected chi connectivity index (χ2v) is 9.80. The molecule has 0 unspecified atom stereocenters. The van der Waals surface area contributed by atoms with Crippen molar-refractivity contribution in [2.24, 2.45) is 0 Å². The standard InChI is InChI=1S/C33H34ClNO/c1-2-3-4-6-25-11-13-28(14-12-25)24-35-33(36)31-8-5-7-30(23-31)29-19-15-26(16-20-29)9-10-27-17-21-32(34)22-18-27/h5,7-8,11-23H,2-4,6,9-10,24H2,1H3,(H,35,36). The molecule has 0 saturated heterocycles. The van der Waals surface area contributed by atoms with Gasteiger partial charge >= 0.3 is 0 Å². The lowest BCUT2D eigenvalue weighted by atomic mass is 9.99. The molecule has 1 N–H and O–H groups in total. The highest BCUT2D eigenvalue weighted by atomic mass is 35.5. The topological polar surface area (TPSA) is 29.1 Å². The molecule has 4 aromatic carbocycles. The molecule has 184 valence electrons. The fraction of sp³-hybridized carbons (Fsp3) is 0.242. The number of amides is 1.